The Labute approximate surface area is 128 Å². The predicted octanol–water partition coefficient (Wildman–Crippen LogP) is 5.18. The minimum atomic E-state index is -4.43. The highest BCUT2D eigenvalue weighted by atomic mass is 32.2. The van der Waals surface area contributed by atoms with Gasteiger partial charge in [-0.15, -0.1) is 5.11 Å². The number of benzene rings is 2. The number of nitrogens with one attached hydrogen (secondary N) is 3. The fraction of sp³-hybridized carbons (Fsp3) is 0.0714. The van der Waals surface area contributed by atoms with E-state index in [1.165, 1.54) is 18.2 Å². The smallest absolute Gasteiger partial charge is 0.325 e. The van der Waals surface area contributed by atoms with E-state index in [4.69, 9.17) is 10.9 Å². The molecule has 0 heterocycles. The standard InChI is InChI=1S/C14H11F3N4S/c15-14(16,17)11-6-1-2-7-12(11)21-22-10-5-3-4-9(8-10)13(18)20-19/h1-8,18-19,21H. The average Bonchev–Trinajstić information content (AvgIpc) is 2.52. The Morgan fingerprint density at radius 2 is 1.82 bits per heavy atom. The van der Waals surface area contributed by atoms with E-state index in [1.807, 2.05) is 0 Å². The van der Waals surface area contributed by atoms with E-state index in [0.29, 0.717) is 10.5 Å². The van der Waals surface area contributed by atoms with E-state index in [9.17, 15) is 13.2 Å². The van der Waals surface area contributed by atoms with Crippen LogP contribution < -0.4 is 4.72 Å². The molecule has 4 nitrogen and oxygen atoms in total. The maximum absolute atomic E-state index is 12.9. The molecule has 0 aliphatic carbocycles. The van der Waals surface area contributed by atoms with Gasteiger partial charge >= 0.3 is 6.18 Å². The number of amidine groups is 1. The SMILES string of the molecule is N=NC(=N)c1cccc(SNc2ccccc2C(F)(F)F)c1. The van der Waals surface area contributed by atoms with Gasteiger partial charge in [0.2, 0.25) is 0 Å². The number of halogens is 3. The molecule has 8 heteroatoms. The fourth-order valence-corrected chi connectivity index (χ4v) is 2.44. The van der Waals surface area contributed by atoms with Crippen molar-refractivity contribution in [2.45, 2.75) is 11.1 Å². The lowest BCUT2D eigenvalue weighted by molar-refractivity contribution is -0.136. The third kappa shape index (κ3) is 3.85. The molecule has 0 saturated carbocycles. The van der Waals surface area contributed by atoms with Crippen LogP contribution in [0.1, 0.15) is 11.1 Å². The summed E-state index contributed by atoms with van der Waals surface area (Å²) in [4.78, 5) is 0.614. The molecule has 0 bridgehead atoms. The minimum Gasteiger partial charge on any atom is -0.325 e. The highest BCUT2D eigenvalue weighted by Gasteiger charge is 2.33. The third-order valence-corrected chi connectivity index (χ3v) is 3.54. The second-order valence-electron chi connectivity index (χ2n) is 4.24. The predicted molar refractivity (Wildman–Crippen MR) is 79.3 cm³/mol. The van der Waals surface area contributed by atoms with Gasteiger partial charge in [0.15, 0.2) is 5.84 Å². The van der Waals surface area contributed by atoms with E-state index in [1.54, 1.807) is 24.3 Å². The van der Waals surface area contributed by atoms with Gasteiger partial charge in [0.25, 0.3) is 0 Å². The minimum absolute atomic E-state index is 0.0364. The molecule has 2 aromatic rings. The molecule has 0 saturated heterocycles. The molecular weight excluding hydrogens is 313 g/mol. The summed E-state index contributed by atoms with van der Waals surface area (Å²) in [5, 5.41) is 10.5. The number of para-hydroxylation sites is 1. The lowest BCUT2D eigenvalue weighted by Crippen LogP contribution is -2.07. The lowest BCUT2D eigenvalue weighted by atomic mass is 10.2. The first kappa shape index (κ1) is 16.0. The summed E-state index contributed by atoms with van der Waals surface area (Å²) in [7, 11) is 0. The zero-order chi connectivity index (χ0) is 16.2. The van der Waals surface area contributed by atoms with Gasteiger partial charge in [0, 0.05) is 10.5 Å². The van der Waals surface area contributed by atoms with E-state index < -0.39 is 11.7 Å². The normalized spacial score (nSPS) is 11.0. The van der Waals surface area contributed by atoms with Crippen molar-refractivity contribution in [3.8, 4) is 0 Å². The maximum atomic E-state index is 12.9. The Hall–Kier alpha value is -2.35. The zero-order valence-corrected chi connectivity index (χ0v) is 11.9. The summed E-state index contributed by atoms with van der Waals surface area (Å²) in [6.07, 6.45) is -4.43. The Bertz CT molecular complexity index is 700. The van der Waals surface area contributed by atoms with Crippen molar-refractivity contribution in [3.05, 3.63) is 59.7 Å². The molecule has 0 unspecified atom stereocenters. The molecule has 0 fully saturated rings. The van der Waals surface area contributed by atoms with Crippen LogP contribution in [0.25, 0.3) is 0 Å². The Morgan fingerprint density at radius 3 is 2.50 bits per heavy atom. The molecule has 22 heavy (non-hydrogen) atoms. The van der Waals surface area contributed by atoms with E-state index in [2.05, 4.69) is 9.84 Å². The summed E-state index contributed by atoms with van der Waals surface area (Å²) >= 11 is 0.996. The van der Waals surface area contributed by atoms with Crippen LogP contribution in [0.15, 0.2) is 58.5 Å². The van der Waals surface area contributed by atoms with Crippen molar-refractivity contribution in [3.63, 3.8) is 0 Å². The summed E-state index contributed by atoms with van der Waals surface area (Å²) in [5.41, 5.74) is 6.45. The highest BCUT2D eigenvalue weighted by molar-refractivity contribution is 8.00. The van der Waals surface area contributed by atoms with Gasteiger partial charge in [-0.1, -0.05) is 24.3 Å². The molecule has 0 aromatic heterocycles. The molecule has 2 aromatic carbocycles. The summed E-state index contributed by atoms with van der Waals surface area (Å²) in [6.45, 7) is 0. The number of anilines is 1. The summed E-state index contributed by atoms with van der Waals surface area (Å²) < 4.78 is 41.3. The number of alkyl halides is 3. The molecule has 0 amide bonds. The van der Waals surface area contributed by atoms with Crippen molar-refractivity contribution < 1.29 is 13.2 Å². The van der Waals surface area contributed by atoms with Crippen LogP contribution in [0.2, 0.25) is 0 Å². The second kappa shape index (κ2) is 6.61. The molecule has 0 atom stereocenters. The van der Waals surface area contributed by atoms with Gasteiger partial charge in [0.1, 0.15) is 0 Å². The number of rotatable bonds is 4. The second-order valence-corrected chi connectivity index (χ2v) is 5.12. The van der Waals surface area contributed by atoms with Crippen LogP contribution in [-0.2, 0) is 6.18 Å². The van der Waals surface area contributed by atoms with Crippen molar-refractivity contribution in [1.82, 2.24) is 0 Å². The van der Waals surface area contributed by atoms with Gasteiger partial charge in [-0.3, -0.25) is 5.41 Å². The Morgan fingerprint density at radius 1 is 1.09 bits per heavy atom. The van der Waals surface area contributed by atoms with Crippen LogP contribution in [0.3, 0.4) is 0 Å². The first-order chi connectivity index (χ1) is 10.4. The first-order valence-corrected chi connectivity index (χ1v) is 6.89. The molecule has 114 valence electrons. The zero-order valence-electron chi connectivity index (χ0n) is 11.1. The number of hydrogen-bond donors (Lipinski definition) is 3. The molecule has 0 aliphatic heterocycles. The fourth-order valence-electron chi connectivity index (χ4n) is 1.70. The first-order valence-electron chi connectivity index (χ1n) is 6.07. The molecule has 0 aliphatic rings. The molecule has 3 N–H and O–H groups in total. The number of nitrogens with zero attached hydrogens (tertiary/aromatic N) is 1. The topological polar surface area (TPSA) is 72.1 Å². The van der Waals surface area contributed by atoms with Crippen molar-refractivity contribution in [2.75, 3.05) is 4.72 Å². The largest absolute Gasteiger partial charge is 0.418 e. The van der Waals surface area contributed by atoms with Gasteiger partial charge in [-0.05, 0) is 36.2 Å². The van der Waals surface area contributed by atoms with Gasteiger partial charge in [-0.2, -0.15) is 13.2 Å². The van der Waals surface area contributed by atoms with Gasteiger partial charge in [0.05, 0.1) is 11.3 Å². The van der Waals surface area contributed by atoms with E-state index >= 15 is 0 Å². The van der Waals surface area contributed by atoms with Crippen molar-refractivity contribution >= 4 is 23.5 Å². The third-order valence-electron chi connectivity index (χ3n) is 2.73. The van der Waals surface area contributed by atoms with Crippen LogP contribution >= 0.6 is 11.9 Å². The van der Waals surface area contributed by atoms with E-state index in [0.717, 1.165) is 18.0 Å². The maximum Gasteiger partial charge on any atom is 0.418 e. The van der Waals surface area contributed by atoms with Gasteiger partial charge < -0.3 is 4.72 Å². The lowest BCUT2D eigenvalue weighted by Gasteiger charge is -2.13. The van der Waals surface area contributed by atoms with Crippen LogP contribution in [0.5, 0.6) is 0 Å². The average molecular weight is 324 g/mol. The molecule has 2 rings (SSSR count). The van der Waals surface area contributed by atoms with E-state index in [-0.39, 0.29) is 11.5 Å². The monoisotopic (exact) mass is 324 g/mol. The van der Waals surface area contributed by atoms with Crippen LogP contribution in [0.4, 0.5) is 18.9 Å². The molecular formula is C14H11F3N4S. The number of hydrogen-bond acceptors (Lipinski definition) is 4. The van der Waals surface area contributed by atoms with Crippen molar-refractivity contribution in [2.24, 2.45) is 5.11 Å². The van der Waals surface area contributed by atoms with Gasteiger partial charge in [-0.25, -0.2) is 5.53 Å². The Balaban J connectivity index is 2.18. The summed E-state index contributed by atoms with van der Waals surface area (Å²) in [5.74, 6) is -0.210. The molecule has 0 spiro atoms. The Kier molecular flexibility index (Phi) is 4.81. The quantitative estimate of drug-likeness (QED) is 0.314. The van der Waals surface area contributed by atoms with Crippen molar-refractivity contribution in [1.29, 1.82) is 10.9 Å². The molecule has 0 radical (unpaired) electrons. The van der Waals surface area contributed by atoms with Crippen LogP contribution in [-0.4, -0.2) is 5.84 Å². The summed E-state index contributed by atoms with van der Waals surface area (Å²) in [6, 6.07) is 11.7. The highest BCUT2D eigenvalue weighted by Crippen LogP contribution is 2.36. The van der Waals surface area contributed by atoms with Crippen LogP contribution in [0, 0.1) is 10.9 Å².